The topological polar surface area (TPSA) is 84.2 Å². The van der Waals surface area contributed by atoms with E-state index in [2.05, 4.69) is 16.3 Å². The molecule has 1 aliphatic heterocycles. The molecule has 0 saturated carbocycles. The molecule has 2 heterocycles. The Morgan fingerprint density at radius 1 is 1.35 bits per heavy atom. The molecular weight excluding hydrogens is 292 g/mol. The predicted molar refractivity (Wildman–Crippen MR) is 87.7 cm³/mol. The summed E-state index contributed by atoms with van der Waals surface area (Å²) in [4.78, 5) is 14.4. The number of hydrogen-bond acceptors (Lipinski definition) is 4. The van der Waals surface area contributed by atoms with Crippen LogP contribution in [0.3, 0.4) is 0 Å². The Morgan fingerprint density at radius 2 is 2.04 bits per heavy atom. The van der Waals surface area contributed by atoms with Crippen molar-refractivity contribution in [3.05, 3.63) is 47.2 Å². The first-order valence-corrected chi connectivity index (χ1v) is 7.71. The van der Waals surface area contributed by atoms with Crippen LogP contribution in [0.5, 0.6) is 0 Å². The van der Waals surface area contributed by atoms with Crippen molar-refractivity contribution >= 4 is 11.9 Å². The fourth-order valence-corrected chi connectivity index (χ4v) is 2.84. The van der Waals surface area contributed by atoms with Crippen molar-refractivity contribution in [1.29, 1.82) is 0 Å². The van der Waals surface area contributed by atoms with Gasteiger partial charge in [-0.15, -0.1) is 0 Å². The Labute approximate surface area is 135 Å². The fourth-order valence-electron chi connectivity index (χ4n) is 2.84. The van der Waals surface area contributed by atoms with Gasteiger partial charge in [0, 0.05) is 12.6 Å². The number of carbonyl (C=O) groups is 1. The third kappa shape index (κ3) is 3.31. The summed E-state index contributed by atoms with van der Waals surface area (Å²) in [5.41, 5.74) is 8.38. The number of nitrogens with two attached hydrogens (primary N) is 1. The zero-order chi connectivity index (χ0) is 16.6. The monoisotopic (exact) mass is 314 g/mol. The maximum Gasteiger partial charge on any atom is 0.411 e. The van der Waals surface area contributed by atoms with Crippen LogP contribution in [0, 0.1) is 0 Å². The van der Waals surface area contributed by atoms with Crippen LogP contribution in [-0.4, -0.2) is 26.8 Å². The first-order valence-electron chi connectivity index (χ1n) is 7.71. The van der Waals surface area contributed by atoms with Crippen molar-refractivity contribution in [2.24, 2.45) is 0 Å². The van der Waals surface area contributed by atoms with E-state index < -0.39 is 5.60 Å². The highest BCUT2D eigenvalue weighted by Crippen LogP contribution is 2.34. The first-order chi connectivity index (χ1) is 10.8. The minimum atomic E-state index is -0.536. The van der Waals surface area contributed by atoms with Crippen molar-refractivity contribution in [2.75, 3.05) is 5.73 Å². The molecule has 2 aromatic rings. The molecule has 1 aromatic carbocycles. The largest absolute Gasteiger partial charge is 0.444 e. The zero-order valence-electron chi connectivity index (χ0n) is 13.7. The number of H-pyrrole nitrogens is 1. The summed E-state index contributed by atoms with van der Waals surface area (Å²) in [7, 11) is 0. The van der Waals surface area contributed by atoms with Gasteiger partial charge in [0.1, 0.15) is 11.4 Å². The van der Waals surface area contributed by atoms with Gasteiger partial charge in [-0.3, -0.25) is 10.00 Å². The van der Waals surface area contributed by atoms with Crippen molar-refractivity contribution in [2.45, 2.75) is 45.4 Å². The average Bonchev–Trinajstić information content (AvgIpc) is 2.90. The van der Waals surface area contributed by atoms with Gasteiger partial charge in [0.15, 0.2) is 0 Å². The van der Waals surface area contributed by atoms with Gasteiger partial charge >= 0.3 is 6.09 Å². The lowest BCUT2D eigenvalue weighted by molar-refractivity contribution is 0.0111. The van der Waals surface area contributed by atoms with Gasteiger partial charge in [-0.1, -0.05) is 24.3 Å². The van der Waals surface area contributed by atoms with E-state index in [0.717, 1.165) is 11.3 Å². The average molecular weight is 314 g/mol. The maximum atomic E-state index is 12.7. The number of ether oxygens (including phenoxy) is 1. The normalized spacial score (nSPS) is 17.7. The van der Waals surface area contributed by atoms with Gasteiger partial charge in [-0.2, -0.15) is 5.10 Å². The summed E-state index contributed by atoms with van der Waals surface area (Å²) in [6.07, 6.45) is 0.377. The molecule has 0 saturated heterocycles. The van der Waals surface area contributed by atoms with E-state index in [9.17, 15) is 4.79 Å². The fraction of sp³-hybridized carbons (Fsp3) is 0.412. The SMILES string of the molecule is CC(C)(C)OC(=O)N1Cc2ccccc2C[C@H]1c1cc(N)n[nH]1. The molecule has 1 amide bonds. The highest BCUT2D eigenvalue weighted by molar-refractivity contribution is 5.69. The number of fused-ring (bicyclic) bond motifs is 1. The Kier molecular flexibility index (Phi) is 3.75. The summed E-state index contributed by atoms with van der Waals surface area (Å²) in [5.74, 6) is 0.419. The molecule has 23 heavy (non-hydrogen) atoms. The van der Waals surface area contributed by atoms with Crippen LogP contribution in [0.4, 0.5) is 10.6 Å². The highest BCUT2D eigenvalue weighted by atomic mass is 16.6. The number of hydrogen-bond donors (Lipinski definition) is 2. The van der Waals surface area contributed by atoms with E-state index in [-0.39, 0.29) is 12.1 Å². The van der Waals surface area contributed by atoms with Crippen molar-refractivity contribution in [3.63, 3.8) is 0 Å². The van der Waals surface area contributed by atoms with Gasteiger partial charge in [0.05, 0.1) is 11.7 Å². The van der Waals surface area contributed by atoms with E-state index in [4.69, 9.17) is 10.5 Å². The molecule has 0 unspecified atom stereocenters. The first kappa shape index (κ1) is 15.4. The zero-order valence-corrected chi connectivity index (χ0v) is 13.7. The van der Waals surface area contributed by atoms with Crippen LogP contribution in [0.2, 0.25) is 0 Å². The minimum Gasteiger partial charge on any atom is -0.444 e. The molecule has 6 heteroatoms. The van der Waals surface area contributed by atoms with E-state index in [0.29, 0.717) is 18.8 Å². The van der Waals surface area contributed by atoms with Crippen LogP contribution in [0.15, 0.2) is 30.3 Å². The smallest absolute Gasteiger partial charge is 0.411 e. The number of anilines is 1. The molecule has 0 bridgehead atoms. The second-order valence-electron chi connectivity index (χ2n) is 6.85. The molecule has 0 aliphatic carbocycles. The van der Waals surface area contributed by atoms with Crippen LogP contribution in [-0.2, 0) is 17.7 Å². The summed E-state index contributed by atoms with van der Waals surface area (Å²) < 4.78 is 5.57. The number of aromatic nitrogens is 2. The molecule has 1 aromatic heterocycles. The molecule has 0 radical (unpaired) electrons. The standard InChI is InChI=1S/C17H22N4O2/c1-17(2,3)23-16(22)21-10-12-7-5-4-6-11(12)8-14(21)13-9-15(18)20-19-13/h4-7,9,14H,8,10H2,1-3H3,(H3,18,19,20)/t14-/m0/s1. The van der Waals surface area contributed by atoms with E-state index >= 15 is 0 Å². The number of aromatic amines is 1. The number of carbonyl (C=O) groups excluding carboxylic acids is 1. The Hall–Kier alpha value is -2.50. The molecule has 0 spiro atoms. The lowest BCUT2D eigenvalue weighted by atomic mass is 9.92. The third-order valence-corrected chi connectivity index (χ3v) is 3.85. The Morgan fingerprint density at radius 3 is 2.65 bits per heavy atom. The van der Waals surface area contributed by atoms with Crippen LogP contribution < -0.4 is 5.73 Å². The van der Waals surface area contributed by atoms with Gasteiger partial charge < -0.3 is 10.5 Å². The summed E-state index contributed by atoms with van der Waals surface area (Å²) in [6, 6.07) is 9.75. The summed E-state index contributed by atoms with van der Waals surface area (Å²) >= 11 is 0. The molecular formula is C17H22N4O2. The summed E-state index contributed by atoms with van der Waals surface area (Å²) in [5, 5.41) is 6.92. The Balaban J connectivity index is 1.94. The van der Waals surface area contributed by atoms with E-state index in [1.54, 1.807) is 11.0 Å². The number of rotatable bonds is 1. The molecule has 3 rings (SSSR count). The number of nitrogen functional groups attached to an aromatic ring is 1. The highest BCUT2D eigenvalue weighted by Gasteiger charge is 2.34. The number of benzene rings is 1. The Bertz CT molecular complexity index is 717. The van der Waals surface area contributed by atoms with Crippen LogP contribution in [0.1, 0.15) is 43.6 Å². The second-order valence-corrected chi connectivity index (χ2v) is 6.85. The van der Waals surface area contributed by atoms with Crippen LogP contribution >= 0.6 is 0 Å². The number of nitrogens with zero attached hydrogens (tertiary/aromatic N) is 2. The molecule has 6 nitrogen and oxygen atoms in total. The summed E-state index contributed by atoms with van der Waals surface area (Å²) in [6.45, 7) is 6.11. The number of amides is 1. The molecule has 0 fully saturated rings. The third-order valence-electron chi connectivity index (χ3n) is 3.85. The van der Waals surface area contributed by atoms with E-state index in [1.165, 1.54) is 5.56 Å². The van der Waals surface area contributed by atoms with Gasteiger partial charge in [-0.25, -0.2) is 4.79 Å². The van der Waals surface area contributed by atoms with Crippen molar-refractivity contribution in [1.82, 2.24) is 15.1 Å². The number of nitrogens with one attached hydrogen (secondary N) is 1. The maximum absolute atomic E-state index is 12.7. The lowest BCUT2D eigenvalue weighted by Gasteiger charge is -2.37. The molecule has 1 aliphatic rings. The molecule has 122 valence electrons. The molecule has 1 atom stereocenters. The quantitative estimate of drug-likeness (QED) is 0.847. The van der Waals surface area contributed by atoms with Crippen LogP contribution in [0.25, 0.3) is 0 Å². The second kappa shape index (κ2) is 5.61. The van der Waals surface area contributed by atoms with E-state index in [1.807, 2.05) is 39.0 Å². The van der Waals surface area contributed by atoms with Gasteiger partial charge in [0.2, 0.25) is 0 Å². The van der Waals surface area contributed by atoms with Crippen molar-refractivity contribution in [3.8, 4) is 0 Å². The van der Waals surface area contributed by atoms with Crippen molar-refractivity contribution < 1.29 is 9.53 Å². The van der Waals surface area contributed by atoms with Gasteiger partial charge in [-0.05, 0) is 38.3 Å². The lowest BCUT2D eigenvalue weighted by Crippen LogP contribution is -2.42. The van der Waals surface area contributed by atoms with Gasteiger partial charge in [0.25, 0.3) is 0 Å². The predicted octanol–water partition coefficient (Wildman–Crippen LogP) is 3.03. The molecule has 3 N–H and O–H groups in total. The minimum absolute atomic E-state index is 0.162.